The summed E-state index contributed by atoms with van der Waals surface area (Å²) in [6.45, 7) is 0.489. The molecule has 5 nitrogen and oxygen atoms in total. The molecule has 0 unspecified atom stereocenters. The molecule has 1 rings (SSSR count). The molecule has 0 aromatic carbocycles. The highest BCUT2D eigenvalue weighted by Gasteiger charge is 2.02. The number of nitrogens with one attached hydrogen (secondary N) is 1. The Morgan fingerprint density at radius 1 is 1.85 bits per heavy atom. The maximum Gasteiger partial charge on any atom is 0.221 e. The summed E-state index contributed by atoms with van der Waals surface area (Å²) in [6, 6.07) is 1.94. The number of hydrogen-bond donors (Lipinski definition) is 1. The van der Waals surface area contributed by atoms with E-state index in [1.807, 2.05) is 6.07 Å². The number of carbonyl (C=O) groups is 1. The molecule has 1 heterocycles. The number of imidazole rings is 1. The minimum atomic E-state index is -0.0439. The monoisotopic (exact) mass is 178 g/mol. The molecule has 1 aromatic heterocycles. The number of carbonyl (C=O) groups excluding carboxylic acids is 1. The van der Waals surface area contributed by atoms with E-state index in [0.29, 0.717) is 18.8 Å². The van der Waals surface area contributed by atoms with Crippen molar-refractivity contribution < 1.29 is 4.79 Å². The first-order valence-electron chi connectivity index (χ1n) is 3.89. The highest BCUT2D eigenvalue weighted by Crippen LogP contribution is 1.97. The van der Waals surface area contributed by atoms with Gasteiger partial charge in [-0.05, 0) is 0 Å². The topological polar surface area (TPSA) is 70.7 Å². The predicted molar refractivity (Wildman–Crippen MR) is 45.6 cm³/mol. The second kappa shape index (κ2) is 4.26. The van der Waals surface area contributed by atoms with Gasteiger partial charge >= 0.3 is 0 Å². The van der Waals surface area contributed by atoms with Gasteiger partial charge in [0.05, 0.1) is 0 Å². The number of aromatic nitrogens is 2. The van der Waals surface area contributed by atoms with Crippen molar-refractivity contribution in [1.82, 2.24) is 14.9 Å². The fraction of sp³-hybridized carbons (Fsp3) is 0.375. The van der Waals surface area contributed by atoms with Gasteiger partial charge in [-0.25, -0.2) is 4.98 Å². The summed E-state index contributed by atoms with van der Waals surface area (Å²) in [5.41, 5.74) is 0. The van der Waals surface area contributed by atoms with Gasteiger partial charge in [-0.3, -0.25) is 4.79 Å². The zero-order valence-corrected chi connectivity index (χ0v) is 7.32. The number of nitriles is 1. The summed E-state index contributed by atoms with van der Waals surface area (Å²) in [7, 11) is 1.58. The smallest absolute Gasteiger partial charge is 0.221 e. The summed E-state index contributed by atoms with van der Waals surface area (Å²) in [5.74, 6) is 0.293. The van der Waals surface area contributed by atoms with Crippen LogP contribution in [0.5, 0.6) is 0 Å². The van der Waals surface area contributed by atoms with Gasteiger partial charge in [-0.2, -0.15) is 5.26 Å². The molecule has 0 bridgehead atoms. The van der Waals surface area contributed by atoms with Gasteiger partial charge in [0.2, 0.25) is 11.7 Å². The summed E-state index contributed by atoms with van der Waals surface area (Å²) < 4.78 is 1.65. The predicted octanol–water partition coefficient (Wildman–Crippen LogP) is -0.109. The fourth-order valence-corrected chi connectivity index (χ4v) is 0.950. The summed E-state index contributed by atoms with van der Waals surface area (Å²) in [6.07, 6.45) is 3.59. The fourth-order valence-electron chi connectivity index (χ4n) is 0.950. The number of amides is 1. The van der Waals surface area contributed by atoms with E-state index in [1.165, 1.54) is 0 Å². The lowest BCUT2D eigenvalue weighted by molar-refractivity contribution is -0.120. The molecule has 5 heteroatoms. The lowest BCUT2D eigenvalue weighted by Gasteiger charge is -2.01. The van der Waals surface area contributed by atoms with Gasteiger partial charge in [-0.15, -0.1) is 0 Å². The molecule has 13 heavy (non-hydrogen) atoms. The Kier molecular flexibility index (Phi) is 3.03. The van der Waals surface area contributed by atoms with Crippen molar-refractivity contribution in [2.24, 2.45) is 0 Å². The minimum absolute atomic E-state index is 0.0439. The maximum atomic E-state index is 10.9. The first-order valence-corrected chi connectivity index (χ1v) is 3.89. The second-order valence-electron chi connectivity index (χ2n) is 2.48. The van der Waals surface area contributed by atoms with E-state index in [4.69, 9.17) is 5.26 Å². The molecular formula is C8H10N4O. The summed E-state index contributed by atoms with van der Waals surface area (Å²) >= 11 is 0. The van der Waals surface area contributed by atoms with Crippen molar-refractivity contribution in [3.8, 4) is 6.07 Å². The zero-order valence-electron chi connectivity index (χ0n) is 7.32. The molecule has 0 atom stereocenters. The zero-order chi connectivity index (χ0) is 9.68. The van der Waals surface area contributed by atoms with Crippen LogP contribution in [-0.4, -0.2) is 22.5 Å². The molecule has 0 aliphatic heterocycles. The van der Waals surface area contributed by atoms with E-state index in [0.717, 1.165) is 0 Å². The van der Waals surface area contributed by atoms with Crippen LogP contribution in [0.15, 0.2) is 12.4 Å². The van der Waals surface area contributed by atoms with Crippen LogP contribution >= 0.6 is 0 Å². The molecule has 0 aliphatic rings. The molecule has 0 fully saturated rings. The van der Waals surface area contributed by atoms with E-state index < -0.39 is 0 Å². The van der Waals surface area contributed by atoms with Gasteiger partial charge in [-0.1, -0.05) is 0 Å². The minimum Gasteiger partial charge on any atom is -0.359 e. The van der Waals surface area contributed by atoms with Crippen molar-refractivity contribution in [3.05, 3.63) is 18.2 Å². The molecule has 0 saturated heterocycles. The lowest BCUT2D eigenvalue weighted by Crippen LogP contribution is -2.19. The Bertz CT molecular complexity index is 336. The highest BCUT2D eigenvalue weighted by atomic mass is 16.1. The Morgan fingerprint density at radius 3 is 3.23 bits per heavy atom. The molecule has 0 aliphatic carbocycles. The molecule has 1 N–H and O–H groups in total. The Balaban J connectivity index is 2.55. The lowest BCUT2D eigenvalue weighted by atomic mass is 10.4. The van der Waals surface area contributed by atoms with Crippen molar-refractivity contribution in [3.63, 3.8) is 0 Å². The molecule has 1 aromatic rings. The van der Waals surface area contributed by atoms with Crippen molar-refractivity contribution in [2.75, 3.05) is 7.05 Å². The van der Waals surface area contributed by atoms with E-state index in [2.05, 4.69) is 10.3 Å². The van der Waals surface area contributed by atoms with Gasteiger partial charge in [0.15, 0.2) is 0 Å². The first kappa shape index (κ1) is 9.26. The van der Waals surface area contributed by atoms with Crippen LogP contribution < -0.4 is 5.32 Å². The van der Waals surface area contributed by atoms with Gasteiger partial charge < -0.3 is 9.88 Å². The van der Waals surface area contributed by atoms with Crippen LogP contribution in [0.1, 0.15) is 12.2 Å². The average Bonchev–Trinajstić information content (AvgIpc) is 2.61. The van der Waals surface area contributed by atoms with E-state index in [-0.39, 0.29) is 5.91 Å². The highest BCUT2D eigenvalue weighted by molar-refractivity contribution is 5.75. The Labute approximate surface area is 76.0 Å². The molecule has 0 saturated carbocycles. The SMILES string of the molecule is CNC(=O)CCn1ccnc1C#N. The van der Waals surface area contributed by atoms with Crippen LogP contribution in [0, 0.1) is 11.3 Å². The summed E-state index contributed by atoms with van der Waals surface area (Å²) in [4.78, 5) is 14.7. The number of aryl methyl sites for hydroxylation is 1. The standard InChI is InChI=1S/C8H10N4O/c1-10-8(13)2-4-12-5-3-11-7(12)6-9/h3,5H,2,4H2,1H3,(H,10,13). The van der Waals surface area contributed by atoms with Gasteiger partial charge in [0.25, 0.3) is 0 Å². The second-order valence-corrected chi connectivity index (χ2v) is 2.48. The Morgan fingerprint density at radius 2 is 2.62 bits per heavy atom. The average molecular weight is 178 g/mol. The van der Waals surface area contributed by atoms with Crippen molar-refractivity contribution >= 4 is 5.91 Å². The van der Waals surface area contributed by atoms with Crippen LogP contribution in [-0.2, 0) is 11.3 Å². The largest absolute Gasteiger partial charge is 0.359 e. The van der Waals surface area contributed by atoms with Crippen molar-refractivity contribution in [1.29, 1.82) is 5.26 Å². The molecule has 68 valence electrons. The number of nitrogens with zero attached hydrogens (tertiary/aromatic N) is 3. The molecule has 1 amide bonds. The van der Waals surface area contributed by atoms with Crippen LogP contribution in [0.4, 0.5) is 0 Å². The first-order chi connectivity index (χ1) is 6.27. The third kappa shape index (κ3) is 2.30. The number of rotatable bonds is 3. The number of hydrogen-bond acceptors (Lipinski definition) is 3. The van der Waals surface area contributed by atoms with E-state index in [1.54, 1.807) is 24.0 Å². The quantitative estimate of drug-likeness (QED) is 0.702. The maximum absolute atomic E-state index is 10.9. The van der Waals surface area contributed by atoms with Gasteiger partial charge in [0, 0.05) is 32.4 Å². The Hall–Kier alpha value is -1.83. The molecule has 0 spiro atoms. The van der Waals surface area contributed by atoms with Crippen LogP contribution in [0.2, 0.25) is 0 Å². The van der Waals surface area contributed by atoms with E-state index in [9.17, 15) is 4.79 Å². The third-order valence-electron chi connectivity index (χ3n) is 1.67. The third-order valence-corrected chi connectivity index (χ3v) is 1.67. The van der Waals surface area contributed by atoms with Crippen LogP contribution in [0.25, 0.3) is 0 Å². The van der Waals surface area contributed by atoms with Gasteiger partial charge in [0.1, 0.15) is 6.07 Å². The summed E-state index contributed by atoms with van der Waals surface area (Å²) in [5, 5.41) is 11.1. The molecular weight excluding hydrogens is 168 g/mol. The molecule has 0 radical (unpaired) electrons. The van der Waals surface area contributed by atoms with Crippen molar-refractivity contribution in [2.45, 2.75) is 13.0 Å². The normalized spacial score (nSPS) is 9.23. The van der Waals surface area contributed by atoms with E-state index >= 15 is 0 Å². The van der Waals surface area contributed by atoms with Crippen LogP contribution in [0.3, 0.4) is 0 Å².